The first kappa shape index (κ1) is 12.8. The standard InChI is InChI=1S/C15H15N3O/c1-18(14-5-3-4-6-15(14)19-2)13-8-7-11(10-16)9-12(13)17/h3-9H,17H2,1-2H3. The van der Waals surface area contributed by atoms with Gasteiger partial charge in [-0.1, -0.05) is 12.1 Å². The molecule has 96 valence electrons. The SMILES string of the molecule is COc1ccccc1N(C)c1ccc(C#N)cc1N. The molecule has 0 amide bonds. The maximum atomic E-state index is 8.85. The van der Waals surface area contributed by atoms with Gasteiger partial charge in [0.25, 0.3) is 0 Å². The predicted octanol–water partition coefficient (Wildman–Crippen LogP) is 2.92. The topological polar surface area (TPSA) is 62.3 Å². The molecule has 0 saturated carbocycles. The average molecular weight is 253 g/mol. The summed E-state index contributed by atoms with van der Waals surface area (Å²) >= 11 is 0. The first-order valence-electron chi connectivity index (χ1n) is 5.83. The summed E-state index contributed by atoms with van der Waals surface area (Å²) in [5.41, 5.74) is 8.86. The number of methoxy groups -OCH3 is 1. The van der Waals surface area contributed by atoms with Gasteiger partial charge in [-0.15, -0.1) is 0 Å². The Balaban J connectivity index is 2.44. The van der Waals surface area contributed by atoms with Gasteiger partial charge in [0.15, 0.2) is 0 Å². The van der Waals surface area contributed by atoms with Gasteiger partial charge in [0.2, 0.25) is 0 Å². The Morgan fingerprint density at radius 2 is 1.89 bits per heavy atom. The van der Waals surface area contributed by atoms with Gasteiger partial charge >= 0.3 is 0 Å². The zero-order valence-electron chi connectivity index (χ0n) is 10.9. The minimum Gasteiger partial charge on any atom is -0.495 e. The molecule has 0 unspecified atom stereocenters. The van der Waals surface area contributed by atoms with Crippen LogP contribution in [-0.4, -0.2) is 14.2 Å². The van der Waals surface area contributed by atoms with Crippen molar-refractivity contribution >= 4 is 17.1 Å². The van der Waals surface area contributed by atoms with Crippen LogP contribution in [-0.2, 0) is 0 Å². The van der Waals surface area contributed by atoms with Crippen molar-refractivity contribution in [2.75, 3.05) is 24.8 Å². The van der Waals surface area contributed by atoms with Crippen LogP contribution in [0.25, 0.3) is 0 Å². The number of rotatable bonds is 3. The number of hydrogen-bond acceptors (Lipinski definition) is 4. The van der Waals surface area contributed by atoms with Gasteiger partial charge < -0.3 is 15.4 Å². The highest BCUT2D eigenvalue weighted by molar-refractivity contribution is 5.78. The van der Waals surface area contributed by atoms with Crippen molar-refractivity contribution in [2.45, 2.75) is 0 Å². The molecular formula is C15H15N3O. The van der Waals surface area contributed by atoms with Crippen molar-refractivity contribution in [1.29, 1.82) is 5.26 Å². The van der Waals surface area contributed by atoms with Crippen molar-refractivity contribution in [1.82, 2.24) is 0 Å². The molecule has 4 nitrogen and oxygen atoms in total. The van der Waals surface area contributed by atoms with E-state index in [2.05, 4.69) is 6.07 Å². The Labute approximate surface area is 112 Å². The fourth-order valence-electron chi connectivity index (χ4n) is 1.97. The minimum absolute atomic E-state index is 0.551. The summed E-state index contributed by atoms with van der Waals surface area (Å²) in [6.45, 7) is 0. The Kier molecular flexibility index (Phi) is 3.58. The van der Waals surface area contributed by atoms with Crippen molar-refractivity contribution < 1.29 is 4.74 Å². The van der Waals surface area contributed by atoms with Crippen molar-refractivity contribution in [3.05, 3.63) is 48.0 Å². The number of ether oxygens (including phenoxy) is 1. The predicted molar refractivity (Wildman–Crippen MR) is 76.6 cm³/mol. The third-order valence-electron chi connectivity index (χ3n) is 2.96. The van der Waals surface area contributed by atoms with Crippen LogP contribution in [0.4, 0.5) is 17.1 Å². The molecule has 0 fully saturated rings. The van der Waals surface area contributed by atoms with E-state index in [1.807, 2.05) is 42.3 Å². The lowest BCUT2D eigenvalue weighted by molar-refractivity contribution is 0.415. The summed E-state index contributed by atoms with van der Waals surface area (Å²) in [4.78, 5) is 1.94. The van der Waals surface area contributed by atoms with Crippen LogP contribution in [0.2, 0.25) is 0 Å². The molecule has 0 atom stereocenters. The first-order chi connectivity index (χ1) is 9.17. The van der Waals surface area contributed by atoms with E-state index in [0.717, 1.165) is 17.1 Å². The van der Waals surface area contributed by atoms with E-state index in [1.165, 1.54) is 0 Å². The Bertz CT molecular complexity index is 632. The molecule has 2 aromatic rings. The lowest BCUT2D eigenvalue weighted by atomic mass is 10.1. The Hall–Kier alpha value is -2.67. The zero-order chi connectivity index (χ0) is 13.8. The van der Waals surface area contributed by atoms with E-state index < -0.39 is 0 Å². The van der Waals surface area contributed by atoms with Crippen LogP contribution in [0.1, 0.15) is 5.56 Å². The van der Waals surface area contributed by atoms with E-state index in [1.54, 1.807) is 19.2 Å². The lowest BCUT2D eigenvalue weighted by Gasteiger charge is -2.23. The normalized spacial score (nSPS) is 9.74. The lowest BCUT2D eigenvalue weighted by Crippen LogP contribution is -2.12. The number of nitrogens with zero attached hydrogens (tertiary/aromatic N) is 2. The second-order valence-electron chi connectivity index (χ2n) is 4.12. The van der Waals surface area contributed by atoms with Gasteiger partial charge in [-0.25, -0.2) is 0 Å². The number of nitrogens with two attached hydrogens (primary N) is 1. The third-order valence-corrected chi connectivity index (χ3v) is 2.96. The molecule has 0 saturated heterocycles. The molecule has 2 N–H and O–H groups in total. The molecule has 2 rings (SSSR count). The van der Waals surface area contributed by atoms with Crippen LogP contribution in [0, 0.1) is 11.3 Å². The molecule has 0 radical (unpaired) electrons. The van der Waals surface area contributed by atoms with Gasteiger partial charge in [0, 0.05) is 7.05 Å². The smallest absolute Gasteiger partial charge is 0.142 e. The van der Waals surface area contributed by atoms with Crippen LogP contribution >= 0.6 is 0 Å². The highest BCUT2D eigenvalue weighted by atomic mass is 16.5. The number of nitrogen functional groups attached to an aromatic ring is 1. The van der Waals surface area contributed by atoms with Gasteiger partial charge in [-0.3, -0.25) is 0 Å². The quantitative estimate of drug-likeness (QED) is 0.854. The summed E-state index contributed by atoms with van der Waals surface area (Å²) < 4.78 is 5.34. The molecule has 0 bridgehead atoms. The largest absolute Gasteiger partial charge is 0.495 e. The van der Waals surface area contributed by atoms with Crippen molar-refractivity contribution in [2.24, 2.45) is 0 Å². The third kappa shape index (κ3) is 2.45. The summed E-state index contributed by atoms with van der Waals surface area (Å²) in [7, 11) is 3.55. The Morgan fingerprint density at radius 1 is 1.16 bits per heavy atom. The van der Waals surface area contributed by atoms with Gasteiger partial charge in [-0.2, -0.15) is 5.26 Å². The molecular weight excluding hydrogens is 238 g/mol. The van der Waals surface area contributed by atoms with Gasteiger partial charge in [0.1, 0.15) is 5.75 Å². The first-order valence-corrected chi connectivity index (χ1v) is 5.83. The van der Waals surface area contributed by atoms with E-state index >= 15 is 0 Å². The second kappa shape index (κ2) is 5.32. The molecule has 0 aliphatic carbocycles. The molecule has 4 heteroatoms. The molecule has 0 spiro atoms. The minimum atomic E-state index is 0.551. The number of anilines is 3. The average Bonchev–Trinajstić information content (AvgIpc) is 2.46. The summed E-state index contributed by atoms with van der Waals surface area (Å²) in [6, 6.07) is 15.0. The molecule has 0 heterocycles. The maximum Gasteiger partial charge on any atom is 0.142 e. The van der Waals surface area contributed by atoms with Crippen LogP contribution < -0.4 is 15.4 Å². The zero-order valence-corrected chi connectivity index (χ0v) is 10.9. The Morgan fingerprint density at radius 3 is 2.53 bits per heavy atom. The van der Waals surface area contributed by atoms with Gasteiger partial charge in [0.05, 0.1) is 35.8 Å². The van der Waals surface area contributed by atoms with E-state index in [9.17, 15) is 0 Å². The maximum absolute atomic E-state index is 8.85. The summed E-state index contributed by atoms with van der Waals surface area (Å²) in [5, 5.41) is 8.85. The van der Waals surface area contributed by atoms with E-state index in [-0.39, 0.29) is 0 Å². The molecule has 0 aliphatic rings. The molecule has 0 aromatic heterocycles. The molecule has 2 aromatic carbocycles. The monoisotopic (exact) mass is 253 g/mol. The summed E-state index contributed by atoms with van der Waals surface area (Å²) in [5.74, 6) is 0.772. The van der Waals surface area contributed by atoms with Gasteiger partial charge in [-0.05, 0) is 30.3 Å². The van der Waals surface area contributed by atoms with Crippen LogP contribution in [0.3, 0.4) is 0 Å². The summed E-state index contributed by atoms with van der Waals surface area (Å²) in [6.07, 6.45) is 0. The highest BCUT2D eigenvalue weighted by Gasteiger charge is 2.12. The van der Waals surface area contributed by atoms with Crippen LogP contribution in [0.15, 0.2) is 42.5 Å². The van der Waals surface area contributed by atoms with Crippen molar-refractivity contribution in [3.8, 4) is 11.8 Å². The fourth-order valence-corrected chi connectivity index (χ4v) is 1.97. The number of benzene rings is 2. The number of para-hydroxylation sites is 2. The number of hydrogen-bond donors (Lipinski definition) is 1. The fraction of sp³-hybridized carbons (Fsp3) is 0.133. The van der Waals surface area contributed by atoms with E-state index in [0.29, 0.717) is 11.3 Å². The van der Waals surface area contributed by atoms with Crippen molar-refractivity contribution in [3.63, 3.8) is 0 Å². The highest BCUT2D eigenvalue weighted by Crippen LogP contribution is 2.35. The molecule has 0 aliphatic heterocycles. The molecule has 19 heavy (non-hydrogen) atoms. The number of nitriles is 1. The van der Waals surface area contributed by atoms with E-state index in [4.69, 9.17) is 15.7 Å². The second-order valence-corrected chi connectivity index (χ2v) is 4.12. The van der Waals surface area contributed by atoms with Crippen LogP contribution in [0.5, 0.6) is 5.75 Å².